The molecule has 1 amide bonds. The Labute approximate surface area is 120 Å². The maximum atomic E-state index is 12.1. The molecule has 19 heavy (non-hydrogen) atoms. The number of carbonyl (C=O) groups excluding carboxylic acids is 1. The zero-order chi connectivity index (χ0) is 14.5. The smallest absolute Gasteiger partial charge is 0.252 e. The van der Waals surface area contributed by atoms with Gasteiger partial charge in [-0.15, -0.1) is 0 Å². The molecule has 0 atom stereocenters. The third-order valence-corrected chi connectivity index (χ3v) is 2.92. The van der Waals surface area contributed by atoms with Crippen molar-refractivity contribution in [2.24, 2.45) is 5.41 Å². The summed E-state index contributed by atoms with van der Waals surface area (Å²) in [5.74, 6) is 0.503. The third-order valence-electron chi connectivity index (χ3n) is 2.62. The maximum absolute atomic E-state index is 12.1. The molecule has 0 aliphatic carbocycles. The molecule has 0 radical (unpaired) electrons. The summed E-state index contributed by atoms with van der Waals surface area (Å²) in [6, 6.07) is 1.68. The first-order valence-corrected chi connectivity index (χ1v) is 6.89. The van der Waals surface area contributed by atoms with Crippen LogP contribution in [0.1, 0.15) is 44.5 Å². The van der Waals surface area contributed by atoms with Crippen LogP contribution in [-0.4, -0.2) is 24.0 Å². The summed E-state index contributed by atoms with van der Waals surface area (Å²) in [6.45, 7) is 9.78. The van der Waals surface area contributed by atoms with Crippen LogP contribution in [-0.2, 0) is 0 Å². The van der Waals surface area contributed by atoms with E-state index in [1.54, 1.807) is 6.07 Å². The highest BCUT2D eigenvalue weighted by molar-refractivity contribution is 6.33. The summed E-state index contributed by atoms with van der Waals surface area (Å²) < 4.78 is 0. The summed E-state index contributed by atoms with van der Waals surface area (Å²) in [4.78, 5) is 16.2. The standard InChI is InChI=1S/C14H22ClN3O/c1-5-16-12-8-10(11(15)9-18-12)13(19)17-7-6-14(2,3)4/h8-9H,5-7H2,1-4H3,(H,16,18)(H,17,19). The SMILES string of the molecule is CCNc1cc(C(=O)NCCC(C)(C)C)c(Cl)cn1. The molecule has 0 aliphatic rings. The highest BCUT2D eigenvalue weighted by Gasteiger charge is 2.14. The molecular formula is C14H22ClN3O. The fourth-order valence-corrected chi connectivity index (χ4v) is 1.73. The predicted molar refractivity (Wildman–Crippen MR) is 79.8 cm³/mol. The summed E-state index contributed by atoms with van der Waals surface area (Å²) in [7, 11) is 0. The van der Waals surface area contributed by atoms with Crippen molar-refractivity contribution in [3.05, 3.63) is 22.8 Å². The largest absolute Gasteiger partial charge is 0.370 e. The van der Waals surface area contributed by atoms with Crippen LogP contribution in [0.2, 0.25) is 5.02 Å². The first kappa shape index (κ1) is 15.8. The van der Waals surface area contributed by atoms with Crippen LogP contribution in [0.3, 0.4) is 0 Å². The van der Waals surface area contributed by atoms with Crippen molar-refractivity contribution in [3.8, 4) is 0 Å². The molecule has 0 saturated carbocycles. The van der Waals surface area contributed by atoms with Gasteiger partial charge in [0.05, 0.1) is 10.6 Å². The van der Waals surface area contributed by atoms with Gasteiger partial charge in [-0.2, -0.15) is 0 Å². The van der Waals surface area contributed by atoms with Crippen LogP contribution < -0.4 is 10.6 Å². The number of hydrogen-bond acceptors (Lipinski definition) is 3. The lowest BCUT2D eigenvalue weighted by Gasteiger charge is -2.18. The highest BCUT2D eigenvalue weighted by Crippen LogP contribution is 2.19. The predicted octanol–water partition coefficient (Wildman–Crippen LogP) is 3.33. The second kappa shape index (κ2) is 6.75. The molecule has 1 aromatic rings. The van der Waals surface area contributed by atoms with Gasteiger partial charge in [-0.25, -0.2) is 4.98 Å². The number of carbonyl (C=O) groups is 1. The van der Waals surface area contributed by atoms with E-state index >= 15 is 0 Å². The van der Waals surface area contributed by atoms with Crippen molar-refractivity contribution in [3.63, 3.8) is 0 Å². The number of amides is 1. The van der Waals surface area contributed by atoms with E-state index in [4.69, 9.17) is 11.6 Å². The molecular weight excluding hydrogens is 262 g/mol. The Hall–Kier alpha value is -1.29. The Morgan fingerprint density at radius 1 is 1.42 bits per heavy atom. The molecule has 0 saturated heterocycles. The van der Waals surface area contributed by atoms with Gasteiger partial charge in [0.2, 0.25) is 0 Å². The van der Waals surface area contributed by atoms with Crippen LogP contribution in [0, 0.1) is 5.41 Å². The van der Waals surface area contributed by atoms with Crippen molar-refractivity contribution in [1.82, 2.24) is 10.3 Å². The maximum Gasteiger partial charge on any atom is 0.252 e. The number of nitrogens with zero attached hydrogens (tertiary/aromatic N) is 1. The van der Waals surface area contributed by atoms with E-state index in [9.17, 15) is 4.79 Å². The van der Waals surface area contributed by atoms with Crippen LogP contribution in [0.4, 0.5) is 5.82 Å². The van der Waals surface area contributed by atoms with Gasteiger partial charge in [0.25, 0.3) is 5.91 Å². The van der Waals surface area contributed by atoms with E-state index in [0.29, 0.717) is 22.9 Å². The van der Waals surface area contributed by atoms with Crippen molar-refractivity contribution < 1.29 is 4.79 Å². The topological polar surface area (TPSA) is 54.0 Å². The Kier molecular flexibility index (Phi) is 5.60. The fraction of sp³-hybridized carbons (Fsp3) is 0.571. The van der Waals surface area contributed by atoms with Crippen molar-refractivity contribution in [1.29, 1.82) is 0 Å². The van der Waals surface area contributed by atoms with Gasteiger partial charge in [-0.3, -0.25) is 4.79 Å². The van der Waals surface area contributed by atoms with Gasteiger partial charge >= 0.3 is 0 Å². The van der Waals surface area contributed by atoms with Crippen LogP contribution >= 0.6 is 11.6 Å². The summed E-state index contributed by atoms with van der Waals surface area (Å²) in [5, 5.41) is 6.32. The van der Waals surface area contributed by atoms with Gasteiger partial charge in [-0.1, -0.05) is 32.4 Å². The average molecular weight is 284 g/mol. The van der Waals surface area contributed by atoms with E-state index in [2.05, 4.69) is 36.4 Å². The van der Waals surface area contributed by atoms with Crippen molar-refractivity contribution >= 4 is 23.3 Å². The quantitative estimate of drug-likeness (QED) is 0.871. The Morgan fingerprint density at radius 3 is 2.68 bits per heavy atom. The number of pyridine rings is 1. The van der Waals surface area contributed by atoms with Gasteiger partial charge < -0.3 is 10.6 Å². The Balaban J connectivity index is 2.68. The average Bonchev–Trinajstić information content (AvgIpc) is 2.30. The lowest BCUT2D eigenvalue weighted by molar-refractivity contribution is 0.0949. The molecule has 1 aromatic heterocycles. The van der Waals surface area contributed by atoms with Crippen LogP contribution in [0.15, 0.2) is 12.3 Å². The molecule has 0 aliphatic heterocycles. The molecule has 0 fully saturated rings. The lowest BCUT2D eigenvalue weighted by atomic mass is 9.92. The third kappa shape index (κ3) is 5.47. The minimum atomic E-state index is -0.157. The zero-order valence-electron chi connectivity index (χ0n) is 12.0. The second-order valence-electron chi connectivity index (χ2n) is 5.65. The van der Waals surface area contributed by atoms with Gasteiger partial charge in [0.15, 0.2) is 0 Å². The minimum Gasteiger partial charge on any atom is -0.370 e. The molecule has 2 N–H and O–H groups in total. The van der Waals surface area contributed by atoms with E-state index in [1.807, 2.05) is 6.92 Å². The number of rotatable bonds is 5. The fourth-order valence-electron chi connectivity index (χ4n) is 1.54. The molecule has 5 heteroatoms. The molecule has 0 aromatic carbocycles. The molecule has 4 nitrogen and oxygen atoms in total. The second-order valence-corrected chi connectivity index (χ2v) is 6.05. The number of anilines is 1. The van der Waals surface area contributed by atoms with E-state index in [-0.39, 0.29) is 11.3 Å². The number of hydrogen-bond donors (Lipinski definition) is 2. The monoisotopic (exact) mass is 283 g/mol. The van der Waals surface area contributed by atoms with Gasteiger partial charge in [0.1, 0.15) is 5.82 Å². The number of halogens is 1. The van der Waals surface area contributed by atoms with Crippen molar-refractivity contribution in [2.45, 2.75) is 34.1 Å². The minimum absolute atomic E-state index is 0.157. The van der Waals surface area contributed by atoms with Gasteiger partial charge in [0, 0.05) is 19.3 Å². The molecule has 0 bridgehead atoms. The first-order valence-electron chi connectivity index (χ1n) is 6.51. The highest BCUT2D eigenvalue weighted by atomic mass is 35.5. The summed E-state index contributed by atoms with van der Waals surface area (Å²) in [5.41, 5.74) is 0.658. The van der Waals surface area contributed by atoms with Crippen molar-refractivity contribution in [2.75, 3.05) is 18.4 Å². The van der Waals surface area contributed by atoms with E-state index in [1.165, 1.54) is 6.20 Å². The van der Waals surface area contributed by atoms with Crippen LogP contribution in [0.5, 0.6) is 0 Å². The van der Waals surface area contributed by atoms with Gasteiger partial charge in [-0.05, 0) is 24.8 Å². The summed E-state index contributed by atoms with van der Waals surface area (Å²) >= 11 is 6.01. The molecule has 0 spiro atoms. The van der Waals surface area contributed by atoms with E-state index in [0.717, 1.165) is 13.0 Å². The zero-order valence-corrected chi connectivity index (χ0v) is 12.8. The molecule has 1 heterocycles. The number of nitrogens with one attached hydrogen (secondary N) is 2. The molecule has 1 rings (SSSR count). The lowest BCUT2D eigenvalue weighted by Crippen LogP contribution is -2.27. The number of aromatic nitrogens is 1. The normalized spacial score (nSPS) is 11.2. The first-order chi connectivity index (χ1) is 8.83. The summed E-state index contributed by atoms with van der Waals surface area (Å²) in [6.07, 6.45) is 2.42. The molecule has 0 unspecified atom stereocenters. The molecule has 106 valence electrons. The Morgan fingerprint density at radius 2 is 2.11 bits per heavy atom. The Bertz CT molecular complexity index is 441. The van der Waals surface area contributed by atoms with Crippen LogP contribution in [0.25, 0.3) is 0 Å². The van der Waals surface area contributed by atoms with E-state index < -0.39 is 0 Å².